The lowest BCUT2D eigenvalue weighted by Crippen LogP contribution is -2.62. The van der Waals surface area contributed by atoms with Crippen molar-refractivity contribution in [3.05, 3.63) is 219 Å². The van der Waals surface area contributed by atoms with Crippen molar-refractivity contribution in [2.75, 3.05) is 9.80 Å². The van der Waals surface area contributed by atoms with Crippen LogP contribution in [0.1, 0.15) is 206 Å². The Morgan fingerprint density at radius 2 is 0.802 bits per heavy atom. The van der Waals surface area contributed by atoms with Crippen LogP contribution < -0.4 is 26.2 Å². The Morgan fingerprint density at radius 3 is 1.36 bits per heavy atom. The van der Waals surface area contributed by atoms with E-state index in [9.17, 15) is 0 Å². The standard InChI is InChI=1S/C78H89BN2/c1-71(2,3)53-31-25-26-50(42-53)58-43-54(77(15,16)51-27-21-19-22-28-51)32-36-65(58)81-66-37-33-55(78(17,18)52-29-23-20-24-30-52)44-63(66)79-64-48-61-62(76(13,14)41-40-75(61,11)12)49-67(64)80(68-45-56(72(4,5)6)46-69(81)70(68)79)57-34-35-59-60(47-57)74(9,10)39-38-73(59,7)8/h19-37,42-49H,38-41H2,1-18H3. The Kier molecular flexibility index (Phi) is 12.5. The van der Waals surface area contributed by atoms with Gasteiger partial charge < -0.3 is 9.80 Å². The van der Waals surface area contributed by atoms with Gasteiger partial charge >= 0.3 is 0 Å². The summed E-state index contributed by atoms with van der Waals surface area (Å²) in [6.45, 7) is 43.7. The zero-order valence-electron chi connectivity index (χ0n) is 52.4. The first-order valence-electron chi connectivity index (χ1n) is 30.5. The second-order valence-corrected chi connectivity index (χ2v) is 30.8. The molecule has 0 atom stereocenters. The summed E-state index contributed by atoms with van der Waals surface area (Å²) in [4.78, 5) is 5.46. The second-order valence-electron chi connectivity index (χ2n) is 30.8. The molecule has 12 rings (SSSR count). The van der Waals surface area contributed by atoms with Gasteiger partial charge in [-0.05, 0) is 184 Å². The molecule has 8 aromatic carbocycles. The molecule has 2 aliphatic carbocycles. The molecule has 0 amide bonds. The van der Waals surface area contributed by atoms with Crippen molar-refractivity contribution in [3.63, 3.8) is 0 Å². The molecular formula is C78H89BN2. The monoisotopic (exact) mass is 1060 g/mol. The van der Waals surface area contributed by atoms with Crippen LogP contribution in [0.25, 0.3) is 11.1 Å². The minimum absolute atomic E-state index is 0.0117. The molecule has 0 fully saturated rings. The summed E-state index contributed by atoms with van der Waals surface area (Å²) in [6, 6.07) is 65.0. The highest BCUT2D eigenvalue weighted by Gasteiger charge is 2.48. The van der Waals surface area contributed by atoms with Crippen LogP contribution in [0.4, 0.5) is 34.1 Å². The molecule has 414 valence electrons. The Labute approximate surface area is 488 Å². The normalized spacial score (nSPS) is 17.6. The van der Waals surface area contributed by atoms with E-state index in [4.69, 9.17) is 0 Å². The van der Waals surface area contributed by atoms with Crippen LogP contribution in [-0.4, -0.2) is 6.71 Å². The van der Waals surface area contributed by atoms with Gasteiger partial charge in [-0.1, -0.05) is 240 Å². The Bertz CT molecular complexity index is 3790. The summed E-state index contributed by atoms with van der Waals surface area (Å²) in [5, 5.41) is 0. The van der Waals surface area contributed by atoms with E-state index in [-0.39, 0.29) is 50.0 Å². The van der Waals surface area contributed by atoms with Gasteiger partial charge in [0, 0.05) is 44.8 Å². The lowest BCUT2D eigenvalue weighted by atomic mass is 9.32. The van der Waals surface area contributed by atoms with Crippen LogP contribution >= 0.6 is 0 Å². The summed E-state index contributed by atoms with van der Waals surface area (Å²) in [5.41, 5.74) is 27.5. The molecule has 0 unspecified atom stereocenters. The quantitative estimate of drug-likeness (QED) is 0.147. The lowest BCUT2D eigenvalue weighted by Gasteiger charge is -2.48. The molecule has 0 spiro atoms. The van der Waals surface area contributed by atoms with Crippen molar-refractivity contribution in [2.45, 2.75) is 194 Å². The van der Waals surface area contributed by atoms with E-state index in [0.717, 1.165) is 19.3 Å². The Hall–Kier alpha value is -6.58. The van der Waals surface area contributed by atoms with Crippen LogP contribution in [0.15, 0.2) is 164 Å². The maximum Gasteiger partial charge on any atom is 0.252 e. The van der Waals surface area contributed by atoms with E-state index in [1.165, 1.54) is 124 Å². The number of hydrogen-bond acceptors (Lipinski definition) is 2. The van der Waals surface area contributed by atoms with Crippen LogP contribution in [0.2, 0.25) is 0 Å². The summed E-state index contributed by atoms with van der Waals surface area (Å²) < 4.78 is 0. The molecule has 0 radical (unpaired) electrons. The number of hydrogen-bond donors (Lipinski definition) is 0. The minimum Gasteiger partial charge on any atom is -0.311 e. The van der Waals surface area contributed by atoms with E-state index >= 15 is 0 Å². The third kappa shape index (κ3) is 8.96. The average molecular weight is 1070 g/mol. The molecule has 0 saturated carbocycles. The first kappa shape index (κ1) is 55.0. The van der Waals surface area contributed by atoms with Gasteiger partial charge in [0.1, 0.15) is 0 Å². The molecule has 3 heteroatoms. The summed E-state index contributed by atoms with van der Waals surface area (Å²) in [5.74, 6) is 0. The van der Waals surface area contributed by atoms with Crippen molar-refractivity contribution < 1.29 is 0 Å². The predicted octanol–water partition coefficient (Wildman–Crippen LogP) is 19.4. The SMILES string of the molecule is CC(C)(C)c1cccc(-c2cc(C(C)(C)c3ccccc3)ccc2N2c3ccc(C(C)(C)c4ccccc4)cc3B3c4cc5c(cc4N(c4ccc6c(c4)C(C)(C)CCC6(C)C)c4cc(C(C)(C)C)cc2c43)C(C)(C)CCC5(C)C)c1. The number of rotatable bonds is 7. The summed E-state index contributed by atoms with van der Waals surface area (Å²) in [7, 11) is 0. The van der Waals surface area contributed by atoms with Crippen LogP contribution in [0.3, 0.4) is 0 Å². The molecule has 0 N–H and O–H groups in total. The van der Waals surface area contributed by atoms with Crippen molar-refractivity contribution >= 4 is 57.2 Å². The van der Waals surface area contributed by atoms with E-state index in [1.54, 1.807) is 0 Å². The fraction of sp³-hybridized carbons (Fsp3) is 0.385. The smallest absolute Gasteiger partial charge is 0.252 e. The van der Waals surface area contributed by atoms with Crippen molar-refractivity contribution in [3.8, 4) is 11.1 Å². The Balaban J connectivity index is 1.23. The third-order valence-corrected chi connectivity index (χ3v) is 20.7. The van der Waals surface area contributed by atoms with Gasteiger partial charge in [0.25, 0.3) is 6.71 Å². The first-order valence-corrected chi connectivity index (χ1v) is 30.5. The van der Waals surface area contributed by atoms with Crippen molar-refractivity contribution in [1.29, 1.82) is 0 Å². The highest BCUT2D eigenvalue weighted by Crippen LogP contribution is 2.54. The third-order valence-electron chi connectivity index (χ3n) is 20.7. The molecule has 0 bridgehead atoms. The highest BCUT2D eigenvalue weighted by molar-refractivity contribution is 7.00. The average Bonchev–Trinajstić information content (AvgIpc) is 2.42. The minimum atomic E-state index is -0.265. The maximum absolute atomic E-state index is 2.75. The van der Waals surface area contributed by atoms with E-state index in [0.29, 0.717) is 0 Å². The largest absolute Gasteiger partial charge is 0.311 e. The Morgan fingerprint density at radius 1 is 0.333 bits per heavy atom. The van der Waals surface area contributed by atoms with E-state index in [2.05, 4.69) is 298 Å². The maximum atomic E-state index is 2.75. The molecule has 8 aromatic rings. The fourth-order valence-corrected chi connectivity index (χ4v) is 14.7. The number of fused-ring (bicyclic) bond motifs is 6. The molecule has 2 aliphatic heterocycles. The second kappa shape index (κ2) is 18.5. The van der Waals surface area contributed by atoms with E-state index in [1.807, 2.05) is 0 Å². The van der Waals surface area contributed by atoms with Gasteiger partial charge in [-0.25, -0.2) is 0 Å². The summed E-state index contributed by atoms with van der Waals surface area (Å²) >= 11 is 0. The number of anilines is 6. The van der Waals surface area contributed by atoms with Crippen molar-refractivity contribution in [1.82, 2.24) is 0 Å². The molecule has 2 nitrogen and oxygen atoms in total. The van der Waals surface area contributed by atoms with Gasteiger partial charge in [0.15, 0.2) is 0 Å². The van der Waals surface area contributed by atoms with Gasteiger partial charge in [0.2, 0.25) is 0 Å². The predicted molar refractivity (Wildman–Crippen MR) is 351 cm³/mol. The fourth-order valence-electron chi connectivity index (χ4n) is 14.7. The van der Waals surface area contributed by atoms with Crippen LogP contribution in [0.5, 0.6) is 0 Å². The van der Waals surface area contributed by atoms with Gasteiger partial charge in [0.05, 0.1) is 5.69 Å². The van der Waals surface area contributed by atoms with Gasteiger partial charge in [-0.3, -0.25) is 0 Å². The molecule has 2 heterocycles. The number of nitrogens with zero attached hydrogens (tertiary/aromatic N) is 2. The van der Waals surface area contributed by atoms with E-state index < -0.39 is 0 Å². The van der Waals surface area contributed by atoms with Gasteiger partial charge in [-0.15, -0.1) is 0 Å². The highest BCUT2D eigenvalue weighted by atomic mass is 15.2. The first-order chi connectivity index (χ1) is 37.9. The van der Waals surface area contributed by atoms with Crippen LogP contribution in [-0.2, 0) is 43.3 Å². The molecular weight excluding hydrogens is 976 g/mol. The number of benzene rings is 8. The van der Waals surface area contributed by atoms with Gasteiger partial charge in [-0.2, -0.15) is 0 Å². The lowest BCUT2D eigenvalue weighted by molar-refractivity contribution is 0.332. The topological polar surface area (TPSA) is 6.48 Å². The molecule has 0 aromatic heterocycles. The summed E-state index contributed by atoms with van der Waals surface area (Å²) in [6.07, 6.45) is 4.66. The molecule has 81 heavy (non-hydrogen) atoms. The van der Waals surface area contributed by atoms with Crippen LogP contribution in [0, 0.1) is 0 Å². The molecule has 0 saturated heterocycles. The van der Waals surface area contributed by atoms with Crippen molar-refractivity contribution in [2.24, 2.45) is 0 Å². The zero-order valence-corrected chi connectivity index (χ0v) is 52.4. The molecule has 4 aliphatic rings. The zero-order chi connectivity index (χ0) is 57.8.